The zero-order valence-corrected chi connectivity index (χ0v) is 23.3. The van der Waals surface area contributed by atoms with Crippen molar-refractivity contribution in [2.24, 2.45) is 0 Å². The lowest BCUT2D eigenvalue weighted by molar-refractivity contribution is 1.01. The number of fused-ring (bicyclic) bond motifs is 7. The molecule has 0 aliphatic rings. The van der Waals surface area contributed by atoms with E-state index in [1.165, 1.54) is 43.4 Å². The number of benzene rings is 7. The number of aromatic nitrogens is 3. The maximum Gasteiger partial charge on any atom is 0.235 e. The molecule has 2 aromatic heterocycles. The van der Waals surface area contributed by atoms with Gasteiger partial charge in [-0.05, 0) is 50.9 Å². The Hall–Kier alpha value is -5.80. The number of hydrogen-bond donors (Lipinski definition) is 0. The zero-order chi connectivity index (χ0) is 28.3. The minimum Gasteiger partial charge on any atom is -0.278 e. The van der Waals surface area contributed by atoms with E-state index in [0.717, 1.165) is 33.2 Å². The molecule has 3 nitrogen and oxygen atoms in total. The largest absolute Gasteiger partial charge is 0.278 e. The molecule has 0 amide bonds. The zero-order valence-electron chi connectivity index (χ0n) is 23.3. The van der Waals surface area contributed by atoms with E-state index in [1.54, 1.807) is 0 Å². The normalized spacial score (nSPS) is 11.7. The fourth-order valence-corrected chi connectivity index (χ4v) is 6.71. The second-order valence-corrected chi connectivity index (χ2v) is 11.0. The highest BCUT2D eigenvalue weighted by Crippen LogP contribution is 2.43. The Kier molecular flexibility index (Phi) is 5.20. The summed E-state index contributed by atoms with van der Waals surface area (Å²) in [5, 5.41) is 8.38. The number of rotatable bonds is 3. The summed E-state index contributed by atoms with van der Waals surface area (Å²) in [5.41, 5.74) is 7.54. The van der Waals surface area contributed by atoms with Crippen molar-refractivity contribution in [3.05, 3.63) is 152 Å². The van der Waals surface area contributed by atoms with Gasteiger partial charge in [0.2, 0.25) is 5.95 Å². The van der Waals surface area contributed by atoms with Crippen LogP contribution in [0.3, 0.4) is 0 Å². The molecule has 3 heteroatoms. The first-order chi connectivity index (χ1) is 21.3. The third kappa shape index (κ3) is 3.62. The molecule has 0 unspecified atom stereocenters. The van der Waals surface area contributed by atoms with Crippen LogP contribution in [0, 0.1) is 0 Å². The predicted molar refractivity (Wildman–Crippen MR) is 180 cm³/mol. The molecule has 200 valence electrons. The SMILES string of the molecule is c1ccc(-c2nc(-n3c4cccc(-c5cccc6ccccc56)c4c4c5ccccc5ccc43)nc3ccccc23)cc1. The molecular weight excluding hydrogens is 522 g/mol. The van der Waals surface area contributed by atoms with Crippen LogP contribution in [0.1, 0.15) is 0 Å². The van der Waals surface area contributed by atoms with Gasteiger partial charge in [-0.2, -0.15) is 0 Å². The highest BCUT2D eigenvalue weighted by atomic mass is 15.2. The van der Waals surface area contributed by atoms with Gasteiger partial charge in [0.1, 0.15) is 0 Å². The molecule has 7 aromatic carbocycles. The van der Waals surface area contributed by atoms with Gasteiger partial charge in [0.15, 0.2) is 0 Å². The first kappa shape index (κ1) is 23.9. The average Bonchev–Trinajstić information content (AvgIpc) is 3.43. The summed E-state index contributed by atoms with van der Waals surface area (Å²) in [6.45, 7) is 0. The van der Waals surface area contributed by atoms with Crippen LogP contribution in [-0.2, 0) is 0 Å². The second kappa shape index (κ2) is 9.37. The Morgan fingerprint density at radius 2 is 1.02 bits per heavy atom. The molecule has 9 rings (SSSR count). The van der Waals surface area contributed by atoms with Crippen molar-refractivity contribution in [1.29, 1.82) is 0 Å². The molecule has 0 aliphatic carbocycles. The van der Waals surface area contributed by atoms with Gasteiger partial charge in [-0.15, -0.1) is 0 Å². The second-order valence-electron chi connectivity index (χ2n) is 11.0. The Morgan fingerprint density at radius 1 is 0.395 bits per heavy atom. The molecule has 0 bridgehead atoms. The van der Waals surface area contributed by atoms with Crippen LogP contribution in [-0.4, -0.2) is 14.5 Å². The molecule has 0 saturated carbocycles. The Bertz CT molecular complexity index is 2500. The van der Waals surface area contributed by atoms with E-state index in [-0.39, 0.29) is 0 Å². The van der Waals surface area contributed by atoms with Crippen molar-refractivity contribution < 1.29 is 0 Å². The van der Waals surface area contributed by atoms with E-state index >= 15 is 0 Å². The summed E-state index contributed by atoms with van der Waals surface area (Å²) in [6.07, 6.45) is 0. The van der Waals surface area contributed by atoms with Crippen molar-refractivity contribution >= 4 is 54.3 Å². The number of hydrogen-bond acceptors (Lipinski definition) is 2. The molecule has 0 aliphatic heterocycles. The van der Waals surface area contributed by atoms with Gasteiger partial charge < -0.3 is 0 Å². The molecule has 0 radical (unpaired) electrons. The first-order valence-electron chi connectivity index (χ1n) is 14.6. The van der Waals surface area contributed by atoms with Gasteiger partial charge in [0, 0.05) is 21.7 Å². The summed E-state index contributed by atoms with van der Waals surface area (Å²) in [7, 11) is 0. The van der Waals surface area contributed by atoms with E-state index < -0.39 is 0 Å². The standard InChI is InChI=1S/C40H25N3/c1-2-14-28(15-3-1)39-33-19-8-9-22-34(33)41-40(42-39)43-35-23-11-21-32(31-20-10-16-26-12-4-6-17-29(26)31)38(35)37-30-18-7-5-13-27(30)24-25-36(37)43/h1-25H. The fraction of sp³-hybridized carbons (Fsp3) is 0. The lowest BCUT2D eigenvalue weighted by atomic mass is 9.93. The molecule has 0 N–H and O–H groups in total. The third-order valence-electron chi connectivity index (χ3n) is 8.60. The van der Waals surface area contributed by atoms with Crippen LogP contribution in [0.4, 0.5) is 0 Å². The van der Waals surface area contributed by atoms with Crippen molar-refractivity contribution in [3.63, 3.8) is 0 Å². The summed E-state index contributed by atoms with van der Waals surface area (Å²) in [6, 6.07) is 53.7. The van der Waals surface area contributed by atoms with Crippen molar-refractivity contribution in [2.75, 3.05) is 0 Å². The minimum absolute atomic E-state index is 0.669. The van der Waals surface area contributed by atoms with Gasteiger partial charge in [-0.1, -0.05) is 133 Å². The highest BCUT2D eigenvalue weighted by molar-refractivity contribution is 6.26. The van der Waals surface area contributed by atoms with Gasteiger partial charge in [0.05, 0.1) is 22.2 Å². The van der Waals surface area contributed by atoms with E-state index in [4.69, 9.17) is 9.97 Å². The predicted octanol–water partition coefficient (Wildman–Crippen LogP) is 10.4. The van der Waals surface area contributed by atoms with E-state index in [0.29, 0.717) is 5.95 Å². The van der Waals surface area contributed by atoms with Crippen LogP contribution in [0.15, 0.2) is 152 Å². The smallest absolute Gasteiger partial charge is 0.235 e. The average molecular weight is 548 g/mol. The Labute approximate surface area is 248 Å². The summed E-state index contributed by atoms with van der Waals surface area (Å²) >= 11 is 0. The van der Waals surface area contributed by atoms with Crippen LogP contribution >= 0.6 is 0 Å². The Morgan fingerprint density at radius 3 is 1.88 bits per heavy atom. The Balaban J connectivity index is 1.46. The van der Waals surface area contributed by atoms with Crippen molar-refractivity contribution in [1.82, 2.24) is 14.5 Å². The fourth-order valence-electron chi connectivity index (χ4n) is 6.71. The highest BCUT2D eigenvalue weighted by Gasteiger charge is 2.21. The molecule has 0 spiro atoms. The molecule has 2 heterocycles. The number of para-hydroxylation sites is 1. The van der Waals surface area contributed by atoms with Gasteiger partial charge in [0.25, 0.3) is 0 Å². The molecule has 0 saturated heterocycles. The maximum absolute atomic E-state index is 5.30. The van der Waals surface area contributed by atoms with E-state index in [9.17, 15) is 0 Å². The molecule has 43 heavy (non-hydrogen) atoms. The van der Waals surface area contributed by atoms with E-state index in [2.05, 4.69) is 144 Å². The summed E-state index contributed by atoms with van der Waals surface area (Å²) in [5.74, 6) is 0.669. The first-order valence-corrected chi connectivity index (χ1v) is 14.6. The molecular formula is C40H25N3. The third-order valence-corrected chi connectivity index (χ3v) is 8.60. The van der Waals surface area contributed by atoms with Crippen molar-refractivity contribution in [2.45, 2.75) is 0 Å². The maximum atomic E-state index is 5.30. The van der Waals surface area contributed by atoms with Crippen LogP contribution < -0.4 is 0 Å². The summed E-state index contributed by atoms with van der Waals surface area (Å²) < 4.78 is 2.25. The summed E-state index contributed by atoms with van der Waals surface area (Å²) in [4.78, 5) is 10.5. The van der Waals surface area contributed by atoms with E-state index in [1.807, 2.05) is 12.1 Å². The lowest BCUT2D eigenvalue weighted by Gasteiger charge is -2.12. The molecule has 9 aromatic rings. The molecule has 0 atom stereocenters. The lowest BCUT2D eigenvalue weighted by Crippen LogP contribution is -2.03. The molecule has 0 fully saturated rings. The van der Waals surface area contributed by atoms with Gasteiger partial charge in [-0.25, -0.2) is 9.97 Å². The minimum atomic E-state index is 0.669. The van der Waals surface area contributed by atoms with Crippen molar-refractivity contribution in [3.8, 4) is 28.3 Å². The van der Waals surface area contributed by atoms with Crippen LogP contribution in [0.5, 0.6) is 0 Å². The van der Waals surface area contributed by atoms with Gasteiger partial charge >= 0.3 is 0 Å². The monoisotopic (exact) mass is 547 g/mol. The van der Waals surface area contributed by atoms with Crippen LogP contribution in [0.2, 0.25) is 0 Å². The van der Waals surface area contributed by atoms with Crippen LogP contribution in [0.25, 0.3) is 82.6 Å². The topological polar surface area (TPSA) is 30.7 Å². The number of nitrogens with zero attached hydrogens (tertiary/aromatic N) is 3. The van der Waals surface area contributed by atoms with Gasteiger partial charge in [-0.3, -0.25) is 4.57 Å². The quantitative estimate of drug-likeness (QED) is 0.220.